The molecule has 3 aromatic rings. The minimum atomic E-state index is -1.03. The van der Waals surface area contributed by atoms with E-state index in [0.29, 0.717) is 37.8 Å². The highest BCUT2D eigenvalue weighted by Crippen LogP contribution is 2.37. The second-order valence-corrected chi connectivity index (χ2v) is 11.3. The summed E-state index contributed by atoms with van der Waals surface area (Å²) in [5.74, 6) is -0.747. The molecule has 0 saturated carbocycles. The quantitative estimate of drug-likeness (QED) is 0.329. The number of rotatable bonds is 7. The molecule has 2 N–H and O–H groups in total. The van der Waals surface area contributed by atoms with E-state index in [-0.39, 0.29) is 37.9 Å². The molecular weight excluding hydrogens is 551 g/mol. The molecule has 1 aromatic carbocycles. The number of likely N-dealkylation sites (tertiary alicyclic amines) is 1. The van der Waals surface area contributed by atoms with Crippen LogP contribution < -0.4 is 15.4 Å². The van der Waals surface area contributed by atoms with Crippen molar-refractivity contribution in [2.75, 3.05) is 57.0 Å². The minimum Gasteiger partial charge on any atom is -0.462 e. The predicted molar refractivity (Wildman–Crippen MR) is 160 cm³/mol. The van der Waals surface area contributed by atoms with Crippen molar-refractivity contribution in [1.29, 1.82) is 0 Å². The highest BCUT2D eigenvalue weighted by Gasteiger charge is 2.37. The lowest BCUT2D eigenvalue weighted by Gasteiger charge is -2.40. The third-order valence-corrected chi connectivity index (χ3v) is 8.61. The molecule has 43 heavy (non-hydrogen) atoms. The van der Waals surface area contributed by atoms with Crippen LogP contribution in [0.2, 0.25) is 0 Å². The first-order valence-corrected chi connectivity index (χ1v) is 14.6. The van der Waals surface area contributed by atoms with Gasteiger partial charge >= 0.3 is 6.01 Å². The van der Waals surface area contributed by atoms with E-state index in [1.807, 2.05) is 35.2 Å². The summed E-state index contributed by atoms with van der Waals surface area (Å²) in [5.41, 5.74) is 8.55. The number of amides is 1. The third-order valence-electron chi connectivity index (χ3n) is 8.61. The Morgan fingerprint density at radius 3 is 2.84 bits per heavy atom. The van der Waals surface area contributed by atoms with E-state index in [9.17, 15) is 9.18 Å². The maximum Gasteiger partial charge on any atom is 0.318 e. The molecule has 2 fully saturated rings. The van der Waals surface area contributed by atoms with E-state index in [1.54, 1.807) is 0 Å². The van der Waals surface area contributed by atoms with Crippen LogP contribution in [0.15, 0.2) is 42.7 Å². The van der Waals surface area contributed by atoms with Crippen LogP contribution in [0.1, 0.15) is 35.9 Å². The summed E-state index contributed by atoms with van der Waals surface area (Å²) in [7, 11) is 2.09. The third kappa shape index (κ3) is 5.83. The zero-order valence-corrected chi connectivity index (χ0v) is 24.2. The number of anilines is 2. The lowest BCUT2D eigenvalue weighted by molar-refractivity contribution is -0.131. The van der Waals surface area contributed by atoms with Crippen molar-refractivity contribution in [1.82, 2.24) is 24.8 Å². The molecule has 0 spiro atoms. The molecule has 1 amide bonds. The molecule has 2 aromatic heterocycles. The molecule has 0 bridgehead atoms. The van der Waals surface area contributed by atoms with E-state index >= 15 is 0 Å². The largest absolute Gasteiger partial charge is 0.462 e. The smallest absolute Gasteiger partial charge is 0.318 e. The lowest BCUT2D eigenvalue weighted by Crippen LogP contribution is -2.57. The van der Waals surface area contributed by atoms with Gasteiger partial charge in [0, 0.05) is 43.0 Å². The number of halogens is 1. The Balaban J connectivity index is 1.34. The van der Waals surface area contributed by atoms with Crippen molar-refractivity contribution in [2.24, 2.45) is 0 Å². The Bertz CT molecular complexity index is 1590. The second-order valence-electron chi connectivity index (χ2n) is 11.3. The van der Waals surface area contributed by atoms with Crippen molar-refractivity contribution in [2.45, 2.75) is 44.1 Å². The number of benzene rings is 1. The van der Waals surface area contributed by atoms with Crippen LogP contribution in [-0.2, 0) is 22.6 Å². The van der Waals surface area contributed by atoms with Crippen LogP contribution in [-0.4, -0.2) is 89.1 Å². The Hall–Kier alpha value is -4.34. The van der Waals surface area contributed by atoms with Crippen LogP contribution in [0.3, 0.4) is 0 Å². The predicted octanol–water partition coefficient (Wildman–Crippen LogP) is 3.31. The molecule has 224 valence electrons. The average Bonchev–Trinajstić information content (AvgIpc) is 3.42. The molecule has 1 unspecified atom stereocenters. The highest BCUT2D eigenvalue weighted by atomic mass is 19.1. The van der Waals surface area contributed by atoms with E-state index in [1.165, 1.54) is 4.90 Å². The highest BCUT2D eigenvalue weighted by molar-refractivity contribution is 5.91. The standard InChI is InChI=1S/C31H35FN8O3/c1-19(32)30(41)40-12-11-39(16-22(40)15-34-2)29-24-18-42-26(28-23-9-5-4-7-20(23)13-27(33)36-28)14-25(24)35-31(37-29)43-17-21-8-6-10-38(21)3/h4-5,7,9,13,21-22,26H,1,6,8,10-12,14-18H2,3H3,(H2,33,36)/t21-,22+,26?/m1/s1. The van der Waals surface area contributed by atoms with Crippen molar-refractivity contribution < 1.29 is 18.7 Å². The number of aromatic nitrogens is 3. The van der Waals surface area contributed by atoms with E-state index in [4.69, 9.17) is 31.7 Å². The summed E-state index contributed by atoms with van der Waals surface area (Å²) >= 11 is 0. The number of carbonyl (C=O) groups is 1. The number of nitrogen functional groups attached to an aromatic ring is 1. The lowest BCUT2D eigenvalue weighted by atomic mass is 9.98. The number of hydrogen-bond donors (Lipinski definition) is 1. The number of pyridine rings is 1. The molecule has 12 heteroatoms. The normalized spacial score (nSPS) is 22.3. The number of carbonyl (C=O) groups excluding carboxylic acids is 1. The monoisotopic (exact) mass is 586 g/mol. The number of nitrogens with two attached hydrogens (primary N) is 1. The molecule has 3 aliphatic heterocycles. The maximum absolute atomic E-state index is 13.8. The Kier molecular flexibility index (Phi) is 8.10. The van der Waals surface area contributed by atoms with Crippen molar-refractivity contribution in [3.63, 3.8) is 0 Å². The van der Waals surface area contributed by atoms with Crippen molar-refractivity contribution in [3.8, 4) is 6.01 Å². The van der Waals surface area contributed by atoms with Gasteiger partial charge in [0.2, 0.25) is 6.54 Å². The molecule has 5 heterocycles. The Labute approximate surface area is 249 Å². The van der Waals surface area contributed by atoms with Gasteiger partial charge in [-0.05, 0) is 37.9 Å². The molecule has 3 atom stereocenters. The molecule has 2 saturated heterocycles. The first kappa shape index (κ1) is 28.8. The minimum absolute atomic E-state index is 0.0346. The molecule has 11 nitrogen and oxygen atoms in total. The summed E-state index contributed by atoms with van der Waals surface area (Å²) in [4.78, 5) is 36.1. The fourth-order valence-corrected chi connectivity index (χ4v) is 6.32. The van der Waals surface area contributed by atoms with Crippen molar-refractivity contribution >= 4 is 28.3 Å². The molecule has 6 rings (SSSR count). The maximum atomic E-state index is 13.8. The summed E-state index contributed by atoms with van der Waals surface area (Å²) in [6.07, 6.45) is 2.23. The van der Waals surface area contributed by atoms with Crippen LogP contribution in [0.5, 0.6) is 6.01 Å². The van der Waals surface area contributed by atoms with Gasteiger partial charge in [-0.15, -0.1) is 0 Å². The van der Waals surface area contributed by atoms with Gasteiger partial charge in [-0.25, -0.2) is 15.9 Å². The zero-order valence-electron chi connectivity index (χ0n) is 24.2. The summed E-state index contributed by atoms with van der Waals surface area (Å²) in [5, 5.41) is 1.96. The van der Waals surface area contributed by atoms with Gasteiger partial charge in [0.25, 0.3) is 5.91 Å². The van der Waals surface area contributed by atoms with Gasteiger partial charge < -0.3 is 34.8 Å². The van der Waals surface area contributed by atoms with Gasteiger partial charge in [0.1, 0.15) is 30.4 Å². The topological polar surface area (TPSA) is 114 Å². The first-order chi connectivity index (χ1) is 20.8. The first-order valence-electron chi connectivity index (χ1n) is 14.6. The number of piperazine rings is 1. The summed E-state index contributed by atoms with van der Waals surface area (Å²) in [6.45, 7) is 13.3. The molecule has 3 aliphatic rings. The number of ether oxygens (including phenoxy) is 2. The average molecular weight is 587 g/mol. The van der Waals surface area contributed by atoms with Crippen LogP contribution >= 0.6 is 0 Å². The van der Waals surface area contributed by atoms with Gasteiger partial charge in [-0.2, -0.15) is 9.97 Å². The number of likely N-dealkylation sites (N-methyl/N-ethyl adjacent to an activating group) is 1. The summed E-state index contributed by atoms with van der Waals surface area (Å²) in [6, 6.07) is 9.84. The van der Waals surface area contributed by atoms with Gasteiger partial charge in [-0.3, -0.25) is 4.79 Å². The number of nitrogens with zero attached hydrogens (tertiary/aromatic N) is 7. The molecule has 0 radical (unpaired) electrons. The van der Waals surface area contributed by atoms with Crippen molar-refractivity contribution in [3.05, 3.63) is 71.1 Å². The Morgan fingerprint density at radius 2 is 2.07 bits per heavy atom. The van der Waals surface area contributed by atoms with Crippen LogP contribution in [0.25, 0.3) is 15.6 Å². The second kappa shape index (κ2) is 12.1. The molecular formula is C31H35FN8O3. The van der Waals surface area contributed by atoms with E-state index in [2.05, 4.69) is 28.4 Å². The number of hydrogen-bond acceptors (Lipinski definition) is 9. The Morgan fingerprint density at radius 1 is 1.23 bits per heavy atom. The zero-order chi connectivity index (χ0) is 30.1. The van der Waals surface area contributed by atoms with Crippen LogP contribution in [0.4, 0.5) is 16.0 Å². The fraction of sp³-hybridized carbons (Fsp3) is 0.452. The van der Waals surface area contributed by atoms with E-state index in [0.717, 1.165) is 47.1 Å². The molecule has 0 aliphatic carbocycles. The number of fused-ring (bicyclic) bond motifs is 2. The van der Waals surface area contributed by atoms with Gasteiger partial charge in [0.05, 0.1) is 18.0 Å². The van der Waals surface area contributed by atoms with Crippen LogP contribution in [0, 0.1) is 6.57 Å². The van der Waals surface area contributed by atoms with Gasteiger partial charge in [-0.1, -0.05) is 30.8 Å². The van der Waals surface area contributed by atoms with Gasteiger partial charge in [0.15, 0.2) is 5.83 Å². The summed E-state index contributed by atoms with van der Waals surface area (Å²) < 4.78 is 26.4. The van der Waals surface area contributed by atoms with E-state index < -0.39 is 17.8 Å². The SMILES string of the molecule is [C-]#[N+]C[C@H]1CN(c2nc(OC[C@H]3CCCN3C)nc3c2COC(c2nc(N)cc4ccccc24)C3)CCN1C(=O)C(=C)F. The fourth-order valence-electron chi connectivity index (χ4n) is 6.32.